The molecule has 94 valence electrons. The first-order valence-corrected chi connectivity index (χ1v) is 7.14. The molecule has 0 aliphatic heterocycles. The third-order valence-electron chi connectivity index (χ3n) is 3.37. The van der Waals surface area contributed by atoms with E-state index < -0.39 is 0 Å². The van der Waals surface area contributed by atoms with Crippen LogP contribution in [-0.4, -0.2) is 20.2 Å². The smallest absolute Gasteiger partial charge is 0.122 e. The Kier molecular flexibility index (Phi) is 4.86. The molecule has 3 heteroatoms. The topological polar surface area (TPSA) is 21.3 Å². The monoisotopic (exact) mass is 297 g/mol. The van der Waals surface area contributed by atoms with Crippen molar-refractivity contribution in [1.29, 1.82) is 0 Å². The molecule has 1 aromatic carbocycles. The highest BCUT2D eigenvalue weighted by atomic mass is 79.9. The molecule has 1 aliphatic carbocycles. The number of nitrogens with one attached hydrogen (secondary N) is 1. The van der Waals surface area contributed by atoms with Gasteiger partial charge < -0.3 is 10.1 Å². The highest BCUT2D eigenvalue weighted by molar-refractivity contribution is 9.10. The molecular formula is C14H20BrNO. The molecule has 1 fully saturated rings. The maximum atomic E-state index is 5.94. The van der Waals surface area contributed by atoms with Gasteiger partial charge in [0.05, 0.1) is 6.61 Å². The fourth-order valence-electron chi connectivity index (χ4n) is 2.01. The Labute approximate surface area is 112 Å². The quantitative estimate of drug-likeness (QED) is 0.869. The van der Waals surface area contributed by atoms with Crippen molar-refractivity contribution in [2.24, 2.45) is 5.92 Å². The summed E-state index contributed by atoms with van der Waals surface area (Å²) in [6.07, 6.45) is 5.06. The summed E-state index contributed by atoms with van der Waals surface area (Å²) < 4.78 is 7.07. The standard InChI is InChI=1S/C14H20BrNO/c1-16-8-7-12-9-13(15)5-6-14(12)17-10-11-3-2-4-11/h5-6,9,11,16H,2-4,7-8,10H2,1H3. The van der Waals surface area contributed by atoms with Crippen LogP contribution in [0.3, 0.4) is 0 Å². The lowest BCUT2D eigenvalue weighted by atomic mass is 9.86. The molecule has 0 unspecified atom stereocenters. The van der Waals surface area contributed by atoms with E-state index in [-0.39, 0.29) is 0 Å². The minimum atomic E-state index is 0.788. The van der Waals surface area contributed by atoms with Crippen molar-refractivity contribution in [2.75, 3.05) is 20.2 Å². The predicted octanol–water partition coefficient (Wildman–Crippen LogP) is 3.39. The molecule has 0 heterocycles. The number of benzene rings is 1. The number of hydrogen-bond donors (Lipinski definition) is 1. The fourth-order valence-corrected chi connectivity index (χ4v) is 2.42. The maximum absolute atomic E-state index is 5.94. The molecule has 0 spiro atoms. The van der Waals surface area contributed by atoms with Gasteiger partial charge in [-0.25, -0.2) is 0 Å². The lowest BCUT2D eigenvalue weighted by molar-refractivity contribution is 0.179. The first kappa shape index (κ1) is 12.9. The van der Waals surface area contributed by atoms with Crippen molar-refractivity contribution in [3.05, 3.63) is 28.2 Å². The molecular weight excluding hydrogens is 278 g/mol. The second-order valence-electron chi connectivity index (χ2n) is 4.71. The van der Waals surface area contributed by atoms with Crippen molar-refractivity contribution >= 4 is 15.9 Å². The number of hydrogen-bond acceptors (Lipinski definition) is 2. The lowest BCUT2D eigenvalue weighted by Crippen LogP contribution is -2.20. The maximum Gasteiger partial charge on any atom is 0.122 e. The SMILES string of the molecule is CNCCc1cc(Br)ccc1OCC1CCC1. The van der Waals surface area contributed by atoms with Gasteiger partial charge in [-0.3, -0.25) is 0 Å². The van der Waals surface area contributed by atoms with E-state index in [2.05, 4.69) is 39.4 Å². The van der Waals surface area contributed by atoms with Crippen molar-refractivity contribution in [3.63, 3.8) is 0 Å². The first-order valence-electron chi connectivity index (χ1n) is 6.35. The van der Waals surface area contributed by atoms with Gasteiger partial charge in [0, 0.05) is 4.47 Å². The van der Waals surface area contributed by atoms with Gasteiger partial charge >= 0.3 is 0 Å². The van der Waals surface area contributed by atoms with Gasteiger partial charge in [-0.1, -0.05) is 22.4 Å². The van der Waals surface area contributed by atoms with Crippen LogP contribution in [0.25, 0.3) is 0 Å². The van der Waals surface area contributed by atoms with Gasteiger partial charge in [-0.05, 0) is 62.5 Å². The molecule has 0 bridgehead atoms. The normalized spacial score (nSPS) is 15.6. The van der Waals surface area contributed by atoms with E-state index in [0.717, 1.165) is 35.7 Å². The third-order valence-corrected chi connectivity index (χ3v) is 3.86. The highest BCUT2D eigenvalue weighted by Gasteiger charge is 2.18. The molecule has 1 aliphatic rings. The number of halogens is 1. The van der Waals surface area contributed by atoms with Crippen LogP contribution in [0.4, 0.5) is 0 Å². The molecule has 0 radical (unpaired) electrons. The molecule has 0 atom stereocenters. The van der Waals surface area contributed by atoms with E-state index in [1.165, 1.54) is 24.8 Å². The van der Waals surface area contributed by atoms with Crippen LogP contribution >= 0.6 is 15.9 Å². The van der Waals surface area contributed by atoms with Gasteiger partial charge in [0.1, 0.15) is 5.75 Å². The fraction of sp³-hybridized carbons (Fsp3) is 0.571. The average Bonchev–Trinajstić information content (AvgIpc) is 2.26. The van der Waals surface area contributed by atoms with Crippen LogP contribution in [0, 0.1) is 5.92 Å². The minimum absolute atomic E-state index is 0.788. The zero-order valence-electron chi connectivity index (χ0n) is 10.3. The van der Waals surface area contributed by atoms with Crippen LogP contribution in [0.2, 0.25) is 0 Å². The number of likely N-dealkylation sites (N-methyl/N-ethyl adjacent to an activating group) is 1. The predicted molar refractivity (Wildman–Crippen MR) is 74.6 cm³/mol. The van der Waals surface area contributed by atoms with E-state index in [9.17, 15) is 0 Å². The number of rotatable bonds is 6. The Bertz CT molecular complexity index is 363. The van der Waals surface area contributed by atoms with Crippen LogP contribution in [0.15, 0.2) is 22.7 Å². The van der Waals surface area contributed by atoms with Crippen molar-refractivity contribution in [2.45, 2.75) is 25.7 Å². The largest absolute Gasteiger partial charge is 0.493 e. The molecule has 1 N–H and O–H groups in total. The molecule has 0 saturated heterocycles. The summed E-state index contributed by atoms with van der Waals surface area (Å²) in [6, 6.07) is 6.29. The van der Waals surface area contributed by atoms with Gasteiger partial charge in [0.2, 0.25) is 0 Å². The molecule has 2 nitrogen and oxygen atoms in total. The second-order valence-corrected chi connectivity index (χ2v) is 5.63. The lowest BCUT2D eigenvalue weighted by Gasteiger charge is -2.25. The summed E-state index contributed by atoms with van der Waals surface area (Å²) in [5, 5.41) is 3.18. The van der Waals surface area contributed by atoms with Crippen molar-refractivity contribution < 1.29 is 4.74 Å². The summed E-state index contributed by atoms with van der Waals surface area (Å²) in [4.78, 5) is 0. The van der Waals surface area contributed by atoms with Gasteiger partial charge in [0.25, 0.3) is 0 Å². The van der Waals surface area contributed by atoms with E-state index >= 15 is 0 Å². The summed E-state index contributed by atoms with van der Waals surface area (Å²) in [5.41, 5.74) is 1.29. The third kappa shape index (κ3) is 3.71. The van der Waals surface area contributed by atoms with Gasteiger partial charge in [-0.15, -0.1) is 0 Å². The Hall–Kier alpha value is -0.540. The minimum Gasteiger partial charge on any atom is -0.493 e. The zero-order chi connectivity index (χ0) is 12.1. The van der Waals surface area contributed by atoms with E-state index in [0.29, 0.717) is 0 Å². The molecule has 1 saturated carbocycles. The zero-order valence-corrected chi connectivity index (χ0v) is 11.9. The first-order chi connectivity index (χ1) is 8.29. The molecule has 17 heavy (non-hydrogen) atoms. The summed E-state index contributed by atoms with van der Waals surface area (Å²) in [6.45, 7) is 1.87. The van der Waals surface area contributed by atoms with Crippen LogP contribution in [-0.2, 0) is 6.42 Å². The van der Waals surface area contributed by atoms with Crippen LogP contribution in [0.5, 0.6) is 5.75 Å². The average molecular weight is 298 g/mol. The molecule has 1 aromatic rings. The Morgan fingerprint density at radius 3 is 2.88 bits per heavy atom. The molecule has 2 rings (SSSR count). The van der Waals surface area contributed by atoms with E-state index in [4.69, 9.17) is 4.74 Å². The summed E-state index contributed by atoms with van der Waals surface area (Å²) >= 11 is 3.52. The molecule has 0 amide bonds. The molecule has 0 aromatic heterocycles. The van der Waals surface area contributed by atoms with E-state index in [1.54, 1.807) is 0 Å². The summed E-state index contributed by atoms with van der Waals surface area (Å²) in [7, 11) is 1.98. The van der Waals surface area contributed by atoms with E-state index in [1.807, 2.05) is 7.05 Å². The van der Waals surface area contributed by atoms with Gasteiger partial charge in [-0.2, -0.15) is 0 Å². The van der Waals surface area contributed by atoms with Crippen LogP contribution in [0.1, 0.15) is 24.8 Å². The second kappa shape index (κ2) is 6.41. The Morgan fingerprint density at radius 2 is 2.24 bits per heavy atom. The van der Waals surface area contributed by atoms with Crippen molar-refractivity contribution in [1.82, 2.24) is 5.32 Å². The Balaban J connectivity index is 1.97. The highest BCUT2D eigenvalue weighted by Crippen LogP contribution is 2.29. The van der Waals surface area contributed by atoms with Crippen molar-refractivity contribution in [3.8, 4) is 5.75 Å². The Morgan fingerprint density at radius 1 is 1.41 bits per heavy atom. The van der Waals surface area contributed by atoms with Crippen LogP contribution < -0.4 is 10.1 Å². The summed E-state index contributed by atoms with van der Waals surface area (Å²) in [5.74, 6) is 1.84. The van der Waals surface area contributed by atoms with Gasteiger partial charge in [0.15, 0.2) is 0 Å². The number of ether oxygens (including phenoxy) is 1.